The minimum absolute atomic E-state index is 0.00403. The summed E-state index contributed by atoms with van der Waals surface area (Å²) in [5.41, 5.74) is -2.49. The van der Waals surface area contributed by atoms with Crippen LogP contribution in [0.3, 0.4) is 0 Å². The molecule has 0 aliphatic heterocycles. The SMILES string of the molecule is CCOC(=O)C(=O)OC(C)CC(C)(C)OOC(=O)C(=O)OC(C)(C)CC(C)OC(=O)C(=O)OCC. The standard InChI is InChI=1S/C22H34O13/c1-9-29-15(23)17(25)31-13(3)11-21(5,6)33-19(27)20(28)34-35-22(7,8)12-14(4)32-18(26)16(24)30-10-2/h13-14H,9-12H2,1-8H3. The molecule has 0 aromatic carbocycles. The lowest BCUT2D eigenvalue weighted by Gasteiger charge is -2.28. The van der Waals surface area contributed by atoms with Crippen LogP contribution in [0.25, 0.3) is 0 Å². The molecular weight excluding hydrogens is 472 g/mol. The first-order valence-corrected chi connectivity index (χ1v) is 10.9. The van der Waals surface area contributed by atoms with Gasteiger partial charge < -0.3 is 23.7 Å². The molecule has 0 saturated heterocycles. The van der Waals surface area contributed by atoms with Gasteiger partial charge in [-0.15, -0.1) is 0 Å². The van der Waals surface area contributed by atoms with Gasteiger partial charge in [0, 0.05) is 12.8 Å². The summed E-state index contributed by atoms with van der Waals surface area (Å²) in [5, 5.41) is 0. The molecule has 0 bridgehead atoms. The van der Waals surface area contributed by atoms with Crippen molar-refractivity contribution in [1.29, 1.82) is 0 Å². The molecule has 0 radical (unpaired) electrons. The first-order valence-electron chi connectivity index (χ1n) is 10.9. The van der Waals surface area contributed by atoms with Crippen LogP contribution in [-0.4, -0.2) is 72.4 Å². The first kappa shape index (κ1) is 31.8. The van der Waals surface area contributed by atoms with Gasteiger partial charge in [-0.1, -0.05) is 0 Å². The molecule has 0 saturated carbocycles. The van der Waals surface area contributed by atoms with E-state index in [0.29, 0.717) is 0 Å². The van der Waals surface area contributed by atoms with Crippen molar-refractivity contribution in [3.05, 3.63) is 0 Å². The Hall–Kier alpha value is -3.22. The number of carbonyl (C=O) groups excluding carboxylic acids is 6. The van der Waals surface area contributed by atoms with Gasteiger partial charge >= 0.3 is 35.8 Å². The number of carbonyl (C=O) groups is 6. The molecule has 2 unspecified atom stereocenters. The zero-order valence-electron chi connectivity index (χ0n) is 21.3. The van der Waals surface area contributed by atoms with E-state index in [-0.39, 0.29) is 26.1 Å². The highest BCUT2D eigenvalue weighted by Crippen LogP contribution is 2.21. The van der Waals surface area contributed by atoms with Crippen LogP contribution < -0.4 is 0 Å². The van der Waals surface area contributed by atoms with Crippen molar-refractivity contribution in [3.63, 3.8) is 0 Å². The fourth-order valence-electron chi connectivity index (χ4n) is 2.86. The van der Waals surface area contributed by atoms with E-state index in [9.17, 15) is 28.8 Å². The fourth-order valence-corrected chi connectivity index (χ4v) is 2.86. The third kappa shape index (κ3) is 13.3. The molecule has 0 aromatic rings. The number of rotatable bonds is 11. The molecule has 13 nitrogen and oxygen atoms in total. The van der Waals surface area contributed by atoms with Gasteiger partial charge in [-0.05, 0) is 55.4 Å². The number of esters is 5. The molecule has 200 valence electrons. The maximum absolute atomic E-state index is 12.1. The van der Waals surface area contributed by atoms with Gasteiger partial charge in [0.1, 0.15) is 23.4 Å². The summed E-state index contributed by atoms with van der Waals surface area (Å²) in [6.45, 7) is 11.9. The minimum Gasteiger partial charge on any atom is -0.458 e. The summed E-state index contributed by atoms with van der Waals surface area (Å²) in [7, 11) is 0. The fraction of sp³-hybridized carbons (Fsp3) is 0.727. The Labute approximate surface area is 203 Å². The van der Waals surface area contributed by atoms with Gasteiger partial charge in [-0.2, -0.15) is 4.89 Å². The average Bonchev–Trinajstić information content (AvgIpc) is 2.70. The van der Waals surface area contributed by atoms with Crippen molar-refractivity contribution in [3.8, 4) is 0 Å². The predicted octanol–water partition coefficient (Wildman–Crippen LogP) is 1.33. The van der Waals surface area contributed by atoms with Gasteiger partial charge in [-0.25, -0.2) is 28.8 Å². The predicted molar refractivity (Wildman–Crippen MR) is 115 cm³/mol. The lowest BCUT2D eigenvalue weighted by Crippen LogP contribution is -2.38. The largest absolute Gasteiger partial charge is 0.458 e. The van der Waals surface area contributed by atoms with Crippen molar-refractivity contribution in [2.45, 2.75) is 91.6 Å². The molecule has 0 spiro atoms. The molecule has 2 atom stereocenters. The zero-order chi connectivity index (χ0) is 27.4. The number of hydrogen-bond donors (Lipinski definition) is 0. The second-order valence-corrected chi connectivity index (χ2v) is 8.64. The Morgan fingerprint density at radius 1 is 0.600 bits per heavy atom. The summed E-state index contributed by atoms with van der Waals surface area (Å²) in [4.78, 5) is 79.5. The van der Waals surface area contributed by atoms with E-state index in [1.54, 1.807) is 0 Å². The summed E-state index contributed by atoms with van der Waals surface area (Å²) < 4.78 is 24.0. The Bertz CT molecular complexity index is 784. The smallest absolute Gasteiger partial charge is 0.449 e. The molecule has 35 heavy (non-hydrogen) atoms. The summed E-state index contributed by atoms with van der Waals surface area (Å²) >= 11 is 0. The topological polar surface area (TPSA) is 167 Å². The summed E-state index contributed by atoms with van der Waals surface area (Å²) in [6.07, 6.45) is -1.72. The van der Waals surface area contributed by atoms with Crippen LogP contribution in [0.4, 0.5) is 0 Å². The third-order valence-corrected chi connectivity index (χ3v) is 3.94. The second-order valence-electron chi connectivity index (χ2n) is 8.64. The molecule has 0 N–H and O–H groups in total. The highest BCUT2D eigenvalue weighted by molar-refractivity contribution is 6.30. The second kappa shape index (κ2) is 14.2. The maximum Gasteiger partial charge on any atom is 0.449 e. The third-order valence-electron chi connectivity index (χ3n) is 3.94. The van der Waals surface area contributed by atoms with Crippen LogP contribution in [0.5, 0.6) is 0 Å². The maximum atomic E-state index is 12.1. The molecule has 0 aromatic heterocycles. The lowest BCUT2D eigenvalue weighted by molar-refractivity contribution is -0.328. The Kier molecular flexibility index (Phi) is 12.9. The van der Waals surface area contributed by atoms with Gasteiger partial charge in [0.25, 0.3) is 0 Å². The number of hydrogen-bond acceptors (Lipinski definition) is 13. The molecule has 0 aliphatic rings. The van der Waals surface area contributed by atoms with Crippen molar-refractivity contribution in [2.24, 2.45) is 0 Å². The van der Waals surface area contributed by atoms with E-state index in [2.05, 4.69) is 14.4 Å². The minimum atomic E-state index is -1.46. The van der Waals surface area contributed by atoms with E-state index in [0.717, 1.165) is 0 Å². The first-order chi connectivity index (χ1) is 16.0. The van der Waals surface area contributed by atoms with Crippen molar-refractivity contribution in [2.75, 3.05) is 13.2 Å². The van der Waals surface area contributed by atoms with Gasteiger partial charge in [0.2, 0.25) is 0 Å². The Balaban J connectivity index is 4.67. The highest BCUT2D eigenvalue weighted by Gasteiger charge is 2.34. The van der Waals surface area contributed by atoms with E-state index in [1.807, 2.05) is 0 Å². The Morgan fingerprint density at radius 2 is 1.00 bits per heavy atom. The van der Waals surface area contributed by atoms with Crippen LogP contribution in [0, 0.1) is 0 Å². The summed E-state index contributed by atoms with van der Waals surface area (Å²) in [5.74, 6) is -7.50. The van der Waals surface area contributed by atoms with E-state index in [1.165, 1.54) is 55.4 Å². The van der Waals surface area contributed by atoms with E-state index < -0.39 is 59.2 Å². The molecule has 0 amide bonds. The normalized spacial score (nSPS) is 13.0. The number of ether oxygens (including phenoxy) is 5. The average molecular weight is 507 g/mol. The van der Waals surface area contributed by atoms with Crippen molar-refractivity contribution in [1.82, 2.24) is 0 Å². The molecule has 0 fully saturated rings. The molecule has 0 rings (SSSR count). The van der Waals surface area contributed by atoms with Gasteiger partial charge in [0.15, 0.2) is 0 Å². The highest BCUT2D eigenvalue weighted by atomic mass is 17.2. The summed E-state index contributed by atoms with van der Waals surface area (Å²) in [6, 6.07) is 0. The lowest BCUT2D eigenvalue weighted by atomic mass is 10.0. The van der Waals surface area contributed by atoms with Crippen molar-refractivity contribution >= 4 is 35.8 Å². The molecule has 0 heterocycles. The van der Waals surface area contributed by atoms with E-state index in [4.69, 9.17) is 19.1 Å². The van der Waals surface area contributed by atoms with Gasteiger partial charge in [0.05, 0.1) is 13.2 Å². The van der Waals surface area contributed by atoms with Crippen LogP contribution >= 0.6 is 0 Å². The van der Waals surface area contributed by atoms with Crippen molar-refractivity contribution < 1.29 is 62.2 Å². The monoisotopic (exact) mass is 506 g/mol. The van der Waals surface area contributed by atoms with Crippen LogP contribution in [0.1, 0.15) is 68.2 Å². The molecular formula is C22H34O13. The van der Waals surface area contributed by atoms with E-state index >= 15 is 0 Å². The van der Waals surface area contributed by atoms with Gasteiger partial charge in [-0.3, -0.25) is 4.89 Å². The Morgan fingerprint density at radius 3 is 1.40 bits per heavy atom. The zero-order valence-corrected chi connectivity index (χ0v) is 21.3. The van der Waals surface area contributed by atoms with Crippen LogP contribution in [0.2, 0.25) is 0 Å². The van der Waals surface area contributed by atoms with Crippen LogP contribution in [0.15, 0.2) is 0 Å². The quantitative estimate of drug-likeness (QED) is 0.129. The molecule has 13 heteroatoms. The molecule has 0 aliphatic carbocycles. The van der Waals surface area contributed by atoms with Crippen LogP contribution in [-0.2, 0) is 62.2 Å².